The summed E-state index contributed by atoms with van der Waals surface area (Å²) in [4.78, 5) is 11.8. The van der Waals surface area contributed by atoms with E-state index in [4.69, 9.17) is 21.1 Å². The van der Waals surface area contributed by atoms with Crippen LogP contribution in [0.2, 0.25) is 5.02 Å². The second-order valence-corrected chi connectivity index (χ2v) is 6.17. The van der Waals surface area contributed by atoms with Gasteiger partial charge in [-0.1, -0.05) is 24.9 Å². The highest BCUT2D eigenvalue weighted by atomic mass is 35.5. The van der Waals surface area contributed by atoms with E-state index in [0.717, 1.165) is 29.7 Å². The van der Waals surface area contributed by atoms with Gasteiger partial charge in [0, 0.05) is 5.02 Å². The molecule has 1 N–H and O–H groups in total. The topological polar surface area (TPSA) is 59.9 Å². The Kier molecular flexibility index (Phi) is 7.96. The lowest BCUT2D eigenvalue weighted by Gasteiger charge is -2.06. The maximum absolute atomic E-state index is 11.8. The van der Waals surface area contributed by atoms with Gasteiger partial charge in [-0.05, 0) is 66.9 Å². The Hall–Kier alpha value is -2.53. The average Bonchev–Trinajstić information content (AvgIpc) is 2.64. The average molecular weight is 375 g/mol. The molecule has 0 saturated heterocycles. The first-order chi connectivity index (χ1) is 12.6. The number of amides is 1. The summed E-state index contributed by atoms with van der Waals surface area (Å²) in [5, 5.41) is 4.58. The summed E-state index contributed by atoms with van der Waals surface area (Å²) in [5.74, 6) is 1.07. The van der Waals surface area contributed by atoms with Crippen molar-refractivity contribution in [2.75, 3.05) is 13.2 Å². The van der Waals surface area contributed by atoms with Gasteiger partial charge in [0.1, 0.15) is 11.5 Å². The molecule has 0 aliphatic heterocycles. The third-order valence-corrected chi connectivity index (χ3v) is 3.97. The van der Waals surface area contributed by atoms with E-state index in [9.17, 15) is 4.79 Å². The van der Waals surface area contributed by atoms with Gasteiger partial charge in [0.2, 0.25) is 0 Å². The maximum Gasteiger partial charge on any atom is 0.277 e. The van der Waals surface area contributed by atoms with Crippen LogP contribution in [0, 0.1) is 6.92 Å². The molecule has 0 aliphatic rings. The molecule has 0 saturated carbocycles. The Balaban J connectivity index is 1.74. The normalized spacial score (nSPS) is 10.7. The molecule has 0 fully saturated rings. The van der Waals surface area contributed by atoms with Gasteiger partial charge in [0.25, 0.3) is 5.91 Å². The van der Waals surface area contributed by atoms with Gasteiger partial charge in [-0.3, -0.25) is 4.79 Å². The van der Waals surface area contributed by atoms with E-state index in [1.54, 1.807) is 24.4 Å². The van der Waals surface area contributed by atoms with Crippen LogP contribution in [0.5, 0.6) is 11.5 Å². The van der Waals surface area contributed by atoms with Crippen LogP contribution in [0.4, 0.5) is 0 Å². The molecule has 138 valence electrons. The fourth-order valence-electron chi connectivity index (χ4n) is 2.05. The smallest absolute Gasteiger partial charge is 0.277 e. The highest BCUT2D eigenvalue weighted by molar-refractivity contribution is 6.31. The van der Waals surface area contributed by atoms with E-state index in [2.05, 4.69) is 17.5 Å². The number of hydrogen-bond donors (Lipinski definition) is 1. The zero-order valence-corrected chi connectivity index (χ0v) is 15.8. The Labute approximate surface area is 159 Å². The van der Waals surface area contributed by atoms with Gasteiger partial charge in [0.15, 0.2) is 6.61 Å². The summed E-state index contributed by atoms with van der Waals surface area (Å²) in [7, 11) is 0. The Morgan fingerprint density at radius 3 is 2.58 bits per heavy atom. The number of aryl methyl sites for hydroxylation is 1. The van der Waals surface area contributed by atoms with Crippen molar-refractivity contribution < 1.29 is 14.3 Å². The van der Waals surface area contributed by atoms with E-state index in [-0.39, 0.29) is 12.5 Å². The van der Waals surface area contributed by atoms with Crippen LogP contribution in [0.3, 0.4) is 0 Å². The molecule has 5 nitrogen and oxygen atoms in total. The largest absolute Gasteiger partial charge is 0.494 e. The molecule has 26 heavy (non-hydrogen) atoms. The van der Waals surface area contributed by atoms with Gasteiger partial charge in [-0.15, -0.1) is 0 Å². The molecule has 2 rings (SSSR count). The summed E-state index contributed by atoms with van der Waals surface area (Å²) in [6.07, 6.45) is 3.71. The first kappa shape index (κ1) is 19.8. The molecule has 2 aromatic rings. The summed E-state index contributed by atoms with van der Waals surface area (Å²) in [5.41, 5.74) is 4.19. The number of nitrogens with zero attached hydrogens (tertiary/aromatic N) is 1. The molecular weight excluding hydrogens is 352 g/mol. The van der Waals surface area contributed by atoms with Crippen LogP contribution in [0.15, 0.2) is 47.6 Å². The molecule has 0 radical (unpaired) electrons. The molecule has 0 aliphatic carbocycles. The van der Waals surface area contributed by atoms with Crippen molar-refractivity contribution >= 4 is 23.7 Å². The van der Waals surface area contributed by atoms with Crippen LogP contribution >= 0.6 is 11.6 Å². The van der Waals surface area contributed by atoms with Gasteiger partial charge in [-0.2, -0.15) is 5.10 Å². The minimum atomic E-state index is -0.339. The quantitative estimate of drug-likeness (QED) is 0.403. The van der Waals surface area contributed by atoms with Crippen LogP contribution in [0.25, 0.3) is 0 Å². The number of halogens is 1. The molecule has 1 amide bonds. The highest BCUT2D eigenvalue weighted by Gasteiger charge is 2.03. The van der Waals surface area contributed by atoms with Crippen molar-refractivity contribution in [2.45, 2.75) is 26.7 Å². The number of carbonyl (C=O) groups is 1. The number of carbonyl (C=O) groups excluding carboxylic acids is 1. The first-order valence-electron chi connectivity index (χ1n) is 8.52. The third-order valence-electron chi connectivity index (χ3n) is 3.55. The lowest BCUT2D eigenvalue weighted by atomic mass is 10.2. The van der Waals surface area contributed by atoms with Crippen molar-refractivity contribution in [2.24, 2.45) is 5.10 Å². The molecule has 0 bridgehead atoms. The molecule has 0 spiro atoms. The molecule has 0 unspecified atom stereocenters. The van der Waals surface area contributed by atoms with Crippen LogP contribution in [-0.2, 0) is 4.79 Å². The summed E-state index contributed by atoms with van der Waals surface area (Å²) >= 11 is 5.95. The maximum atomic E-state index is 11.8. The Bertz CT molecular complexity index is 745. The molecule has 0 atom stereocenters. The third kappa shape index (κ3) is 6.76. The van der Waals surface area contributed by atoms with Crippen LogP contribution < -0.4 is 14.9 Å². The number of hydrogen-bond acceptors (Lipinski definition) is 4. The zero-order valence-electron chi connectivity index (χ0n) is 15.0. The van der Waals surface area contributed by atoms with Crippen molar-refractivity contribution in [1.29, 1.82) is 0 Å². The van der Waals surface area contributed by atoms with Crippen LogP contribution in [0.1, 0.15) is 30.9 Å². The second-order valence-electron chi connectivity index (χ2n) is 5.76. The molecule has 0 aromatic heterocycles. The van der Waals surface area contributed by atoms with Gasteiger partial charge >= 0.3 is 0 Å². The second kappa shape index (κ2) is 10.5. The Morgan fingerprint density at radius 1 is 1.15 bits per heavy atom. The monoisotopic (exact) mass is 374 g/mol. The number of benzene rings is 2. The summed E-state index contributed by atoms with van der Waals surface area (Å²) in [6, 6.07) is 12.8. The number of hydrazone groups is 1. The van der Waals surface area contributed by atoms with Crippen molar-refractivity contribution in [3.8, 4) is 11.5 Å². The van der Waals surface area contributed by atoms with E-state index in [1.807, 2.05) is 31.2 Å². The predicted octanol–water partition coefficient (Wildman–Crippen LogP) is 4.36. The number of nitrogens with one attached hydrogen (secondary N) is 1. The van der Waals surface area contributed by atoms with Gasteiger partial charge in [-0.25, -0.2) is 5.43 Å². The molecule has 0 heterocycles. The van der Waals surface area contributed by atoms with Crippen molar-refractivity contribution in [3.63, 3.8) is 0 Å². The molecular formula is C20H23ClN2O3. The SMILES string of the molecule is CCCCOc1ccc(/C=N/NC(=O)COc2ccc(Cl)c(C)c2)cc1. The fourth-order valence-corrected chi connectivity index (χ4v) is 2.17. The lowest BCUT2D eigenvalue weighted by Crippen LogP contribution is -2.24. The van der Waals surface area contributed by atoms with E-state index in [0.29, 0.717) is 17.4 Å². The van der Waals surface area contributed by atoms with Crippen molar-refractivity contribution in [1.82, 2.24) is 5.43 Å². The minimum Gasteiger partial charge on any atom is -0.494 e. The summed E-state index contributed by atoms with van der Waals surface area (Å²) in [6.45, 7) is 4.59. The van der Waals surface area contributed by atoms with Crippen molar-refractivity contribution in [3.05, 3.63) is 58.6 Å². The zero-order chi connectivity index (χ0) is 18.8. The lowest BCUT2D eigenvalue weighted by molar-refractivity contribution is -0.123. The summed E-state index contributed by atoms with van der Waals surface area (Å²) < 4.78 is 11.0. The standard InChI is InChI=1S/C20H23ClN2O3/c1-3-4-11-25-17-7-5-16(6-8-17)13-22-23-20(24)14-26-18-9-10-19(21)15(2)12-18/h5-10,12-13H,3-4,11,14H2,1-2H3,(H,23,24)/b22-13+. The first-order valence-corrected chi connectivity index (χ1v) is 8.90. The number of unbranched alkanes of at least 4 members (excludes halogenated alkanes) is 1. The van der Waals surface area contributed by atoms with E-state index in [1.165, 1.54) is 0 Å². The van der Waals surface area contributed by atoms with E-state index < -0.39 is 0 Å². The fraction of sp³-hybridized carbons (Fsp3) is 0.300. The molecule has 6 heteroatoms. The van der Waals surface area contributed by atoms with Crippen LogP contribution in [-0.4, -0.2) is 25.3 Å². The van der Waals surface area contributed by atoms with Gasteiger partial charge < -0.3 is 9.47 Å². The van der Waals surface area contributed by atoms with E-state index >= 15 is 0 Å². The molecule has 2 aromatic carbocycles. The minimum absolute atomic E-state index is 0.122. The number of rotatable bonds is 9. The Morgan fingerprint density at radius 2 is 1.88 bits per heavy atom. The van der Waals surface area contributed by atoms with Gasteiger partial charge in [0.05, 0.1) is 12.8 Å². The predicted molar refractivity (Wildman–Crippen MR) is 104 cm³/mol. The number of ether oxygens (including phenoxy) is 2. The highest BCUT2D eigenvalue weighted by Crippen LogP contribution is 2.20.